The summed E-state index contributed by atoms with van der Waals surface area (Å²) in [5.41, 5.74) is 0. The van der Waals surface area contributed by atoms with Crippen LogP contribution in [-0.4, -0.2) is 50.3 Å². The van der Waals surface area contributed by atoms with Crippen LogP contribution in [0.25, 0.3) is 0 Å². The quantitative estimate of drug-likeness (QED) is 0.670. The summed E-state index contributed by atoms with van der Waals surface area (Å²) < 4.78 is 23.0. The third-order valence-electron chi connectivity index (χ3n) is 2.09. The van der Waals surface area contributed by atoms with Crippen molar-refractivity contribution in [2.75, 3.05) is 32.7 Å². The molecule has 0 aromatic heterocycles. The molecule has 0 amide bonds. The van der Waals surface area contributed by atoms with Crippen molar-refractivity contribution in [2.24, 2.45) is 0 Å². The SMILES string of the molecule is CCN1CCN(S(=O)(=O)Cl)CC1.Cl. The molecule has 0 bridgehead atoms. The first-order chi connectivity index (χ1) is 5.54. The minimum Gasteiger partial charge on any atom is -0.301 e. The van der Waals surface area contributed by atoms with Crippen LogP contribution in [-0.2, 0) is 9.24 Å². The van der Waals surface area contributed by atoms with E-state index < -0.39 is 9.24 Å². The van der Waals surface area contributed by atoms with Crippen LogP contribution in [0.5, 0.6) is 0 Å². The highest BCUT2D eigenvalue weighted by atomic mass is 35.7. The highest BCUT2D eigenvalue weighted by molar-refractivity contribution is 8.11. The first-order valence-corrected chi connectivity index (χ1v) is 6.22. The van der Waals surface area contributed by atoms with Crippen LogP contribution in [0.2, 0.25) is 0 Å². The molecule has 0 unspecified atom stereocenters. The van der Waals surface area contributed by atoms with Crippen LogP contribution >= 0.6 is 23.1 Å². The van der Waals surface area contributed by atoms with Gasteiger partial charge >= 0.3 is 0 Å². The standard InChI is InChI=1S/C6H13ClN2O2S.ClH/c1-2-8-3-5-9(6-4-8)12(7,10)11;/h2-6H2,1H3;1H. The second kappa shape index (κ2) is 5.36. The summed E-state index contributed by atoms with van der Waals surface area (Å²) in [6.07, 6.45) is 0. The molecule has 0 aromatic carbocycles. The van der Waals surface area contributed by atoms with E-state index in [9.17, 15) is 8.42 Å². The summed E-state index contributed by atoms with van der Waals surface area (Å²) in [6.45, 7) is 5.62. The van der Waals surface area contributed by atoms with Gasteiger partial charge in [0.05, 0.1) is 0 Å². The van der Waals surface area contributed by atoms with Crippen LogP contribution < -0.4 is 0 Å². The Hall–Kier alpha value is 0.450. The summed E-state index contributed by atoms with van der Waals surface area (Å²) in [4.78, 5) is 2.19. The fourth-order valence-electron chi connectivity index (χ4n) is 1.26. The molecule has 1 heterocycles. The maximum absolute atomic E-state index is 10.9. The Morgan fingerprint density at radius 1 is 1.23 bits per heavy atom. The lowest BCUT2D eigenvalue weighted by atomic mass is 10.4. The molecule has 1 aliphatic heterocycles. The van der Waals surface area contributed by atoms with Crippen LogP contribution in [0.4, 0.5) is 0 Å². The van der Waals surface area contributed by atoms with Gasteiger partial charge in [0.15, 0.2) is 0 Å². The van der Waals surface area contributed by atoms with E-state index in [1.807, 2.05) is 0 Å². The third kappa shape index (κ3) is 3.99. The fourth-order valence-corrected chi connectivity index (χ4v) is 2.28. The Kier molecular flexibility index (Phi) is 5.55. The number of rotatable bonds is 2. The van der Waals surface area contributed by atoms with Crippen molar-refractivity contribution in [3.63, 3.8) is 0 Å². The Morgan fingerprint density at radius 2 is 1.69 bits per heavy atom. The van der Waals surface area contributed by atoms with Crippen molar-refractivity contribution >= 4 is 32.3 Å². The van der Waals surface area contributed by atoms with Gasteiger partial charge in [0.1, 0.15) is 0 Å². The zero-order valence-electron chi connectivity index (χ0n) is 7.44. The van der Waals surface area contributed by atoms with Gasteiger partial charge in [-0.25, -0.2) is 0 Å². The molecular weight excluding hydrogens is 235 g/mol. The molecule has 0 spiro atoms. The minimum atomic E-state index is -3.48. The van der Waals surface area contributed by atoms with Gasteiger partial charge in [0, 0.05) is 36.9 Å². The maximum atomic E-state index is 10.9. The highest BCUT2D eigenvalue weighted by Crippen LogP contribution is 2.09. The van der Waals surface area contributed by atoms with Gasteiger partial charge in [-0.05, 0) is 6.54 Å². The molecule has 0 aromatic rings. The van der Waals surface area contributed by atoms with Crippen molar-refractivity contribution in [3.05, 3.63) is 0 Å². The summed E-state index contributed by atoms with van der Waals surface area (Å²) in [5.74, 6) is 0. The van der Waals surface area contributed by atoms with E-state index in [0.717, 1.165) is 19.6 Å². The molecule has 80 valence electrons. The smallest absolute Gasteiger partial charge is 0.299 e. The number of hydrogen-bond donors (Lipinski definition) is 0. The first kappa shape index (κ1) is 13.4. The average Bonchev–Trinajstić information content (AvgIpc) is 2.03. The molecule has 0 N–H and O–H groups in total. The third-order valence-corrected chi connectivity index (χ3v) is 3.65. The number of piperazine rings is 1. The molecular formula is C6H14Cl2N2O2S. The minimum absolute atomic E-state index is 0. The van der Waals surface area contributed by atoms with Crippen LogP contribution in [0.15, 0.2) is 0 Å². The van der Waals surface area contributed by atoms with Crippen molar-refractivity contribution in [3.8, 4) is 0 Å². The molecule has 13 heavy (non-hydrogen) atoms. The van der Waals surface area contributed by atoms with E-state index in [-0.39, 0.29) is 12.4 Å². The molecule has 4 nitrogen and oxygen atoms in total. The van der Waals surface area contributed by atoms with E-state index >= 15 is 0 Å². The molecule has 0 saturated carbocycles. The Balaban J connectivity index is 0.00000144. The topological polar surface area (TPSA) is 40.6 Å². The molecule has 0 radical (unpaired) electrons. The monoisotopic (exact) mass is 248 g/mol. The predicted octanol–water partition coefficient (Wildman–Crippen LogP) is 0.529. The molecule has 7 heteroatoms. The molecule has 0 aliphatic carbocycles. The molecule has 0 atom stereocenters. The second-order valence-electron chi connectivity index (χ2n) is 2.78. The maximum Gasteiger partial charge on any atom is 0.299 e. The van der Waals surface area contributed by atoms with Gasteiger partial charge in [-0.15, -0.1) is 12.4 Å². The van der Waals surface area contributed by atoms with Crippen LogP contribution in [0, 0.1) is 0 Å². The van der Waals surface area contributed by atoms with Crippen molar-refractivity contribution in [1.82, 2.24) is 9.21 Å². The Bertz CT molecular complexity index is 237. The predicted molar refractivity (Wildman–Crippen MR) is 55.7 cm³/mol. The zero-order chi connectivity index (χ0) is 9.19. The first-order valence-electron chi connectivity index (χ1n) is 3.96. The van der Waals surface area contributed by atoms with Gasteiger partial charge < -0.3 is 4.90 Å². The van der Waals surface area contributed by atoms with Crippen molar-refractivity contribution < 1.29 is 8.42 Å². The largest absolute Gasteiger partial charge is 0.301 e. The number of halogens is 2. The van der Waals surface area contributed by atoms with E-state index in [2.05, 4.69) is 11.8 Å². The van der Waals surface area contributed by atoms with Gasteiger partial charge in [-0.3, -0.25) is 0 Å². The Morgan fingerprint density at radius 3 is 2.00 bits per heavy atom. The summed E-state index contributed by atoms with van der Waals surface area (Å²) in [7, 11) is 1.70. The second-order valence-corrected chi connectivity index (χ2v) is 5.29. The highest BCUT2D eigenvalue weighted by Gasteiger charge is 2.23. The normalized spacial score (nSPS) is 21.1. The molecule has 1 saturated heterocycles. The summed E-state index contributed by atoms with van der Waals surface area (Å²) in [5, 5.41) is 0. The number of hydrogen-bond acceptors (Lipinski definition) is 3. The summed E-state index contributed by atoms with van der Waals surface area (Å²) in [6, 6.07) is 0. The molecule has 1 rings (SSSR count). The lowest BCUT2D eigenvalue weighted by Crippen LogP contribution is -2.47. The average molecular weight is 249 g/mol. The zero-order valence-corrected chi connectivity index (χ0v) is 9.83. The lowest BCUT2D eigenvalue weighted by molar-refractivity contribution is 0.198. The Labute approximate surface area is 89.8 Å². The summed E-state index contributed by atoms with van der Waals surface area (Å²) >= 11 is 0. The number of nitrogens with zero attached hydrogens (tertiary/aromatic N) is 2. The van der Waals surface area contributed by atoms with Gasteiger partial charge in [0.2, 0.25) is 0 Å². The number of likely N-dealkylation sites (N-methyl/N-ethyl adjacent to an activating group) is 1. The van der Waals surface area contributed by atoms with Crippen molar-refractivity contribution in [1.29, 1.82) is 0 Å². The van der Waals surface area contributed by atoms with Crippen molar-refractivity contribution in [2.45, 2.75) is 6.92 Å². The van der Waals surface area contributed by atoms with E-state index in [0.29, 0.717) is 13.1 Å². The van der Waals surface area contributed by atoms with Crippen LogP contribution in [0.3, 0.4) is 0 Å². The lowest BCUT2D eigenvalue weighted by Gasteiger charge is -2.31. The van der Waals surface area contributed by atoms with Gasteiger partial charge in [0.25, 0.3) is 9.24 Å². The molecule has 1 aliphatic rings. The molecule has 1 fully saturated rings. The van der Waals surface area contributed by atoms with E-state index in [1.165, 1.54) is 4.31 Å². The van der Waals surface area contributed by atoms with E-state index in [4.69, 9.17) is 10.7 Å². The van der Waals surface area contributed by atoms with E-state index in [1.54, 1.807) is 0 Å². The fraction of sp³-hybridized carbons (Fsp3) is 1.00. The van der Waals surface area contributed by atoms with Gasteiger partial charge in [-0.2, -0.15) is 12.7 Å². The van der Waals surface area contributed by atoms with Crippen LogP contribution in [0.1, 0.15) is 6.92 Å². The van der Waals surface area contributed by atoms with Gasteiger partial charge in [-0.1, -0.05) is 6.92 Å².